The lowest BCUT2D eigenvalue weighted by molar-refractivity contribution is -0.119. The van der Waals surface area contributed by atoms with E-state index < -0.39 is 12.2 Å². The van der Waals surface area contributed by atoms with Gasteiger partial charge >= 0.3 is 6.09 Å². The fourth-order valence-corrected chi connectivity index (χ4v) is 3.73. The number of amides is 2. The minimum absolute atomic E-state index is 0.192. The van der Waals surface area contributed by atoms with Crippen LogP contribution in [0.3, 0.4) is 0 Å². The van der Waals surface area contributed by atoms with Crippen LogP contribution in [0.25, 0.3) is 0 Å². The zero-order chi connectivity index (χ0) is 21.1. The SMILES string of the molecule is CC(=O)NCC1CN(c2ccc(N3CCN(c4ccccn4)CC3)c(F)c2)C(=O)O1. The van der Waals surface area contributed by atoms with E-state index in [0.29, 0.717) is 24.5 Å². The molecule has 2 saturated heterocycles. The summed E-state index contributed by atoms with van der Waals surface area (Å²) in [5.74, 6) is 0.356. The first-order valence-electron chi connectivity index (χ1n) is 9.94. The van der Waals surface area contributed by atoms with Crippen LogP contribution in [0, 0.1) is 5.82 Å². The molecule has 3 heterocycles. The first kappa shape index (κ1) is 19.9. The molecule has 0 radical (unpaired) electrons. The molecule has 1 aromatic heterocycles. The van der Waals surface area contributed by atoms with E-state index >= 15 is 0 Å². The molecule has 4 rings (SSSR count). The van der Waals surface area contributed by atoms with Gasteiger partial charge in [0.1, 0.15) is 17.7 Å². The minimum Gasteiger partial charge on any atom is -0.442 e. The van der Waals surface area contributed by atoms with E-state index in [0.717, 1.165) is 18.9 Å². The fourth-order valence-electron chi connectivity index (χ4n) is 3.73. The second-order valence-corrected chi connectivity index (χ2v) is 7.35. The number of carbonyl (C=O) groups excluding carboxylic acids is 2. The van der Waals surface area contributed by atoms with Crippen LogP contribution in [0.15, 0.2) is 42.6 Å². The van der Waals surface area contributed by atoms with Gasteiger partial charge in [-0.15, -0.1) is 0 Å². The molecule has 2 aliphatic heterocycles. The number of pyridine rings is 1. The summed E-state index contributed by atoms with van der Waals surface area (Å²) < 4.78 is 20.1. The van der Waals surface area contributed by atoms with E-state index in [9.17, 15) is 14.0 Å². The van der Waals surface area contributed by atoms with E-state index in [-0.39, 0.29) is 24.8 Å². The molecule has 0 bridgehead atoms. The Morgan fingerprint density at radius 1 is 1.20 bits per heavy atom. The smallest absolute Gasteiger partial charge is 0.414 e. The Hall–Kier alpha value is -3.36. The number of nitrogens with zero attached hydrogens (tertiary/aromatic N) is 4. The predicted molar refractivity (Wildman–Crippen MR) is 111 cm³/mol. The standard InChI is InChI=1S/C21H24FN5O3/c1-15(28)24-13-17-14-27(21(29)30-17)16-5-6-19(18(22)12-16)25-8-10-26(11-9-25)20-4-2-3-7-23-20/h2-7,12,17H,8-11,13-14H2,1H3,(H,24,28). The second kappa shape index (κ2) is 8.56. The van der Waals surface area contributed by atoms with Crippen LogP contribution < -0.4 is 20.0 Å². The number of halogens is 1. The van der Waals surface area contributed by atoms with Crippen LogP contribution in [0.4, 0.5) is 26.4 Å². The quantitative estimate of drug-likeness (QED) is 0.808. The van der Waals surface area contributed by atoms with Crippen LogP contribution in [0.5, 0.6) is 0 Å². The maximum Gasteiger partial charge on any atom is 0.414 e. The summed E-state index contributed by atoms with van der Waals surface area (Å²) in [4.78, 5) is 33.1. The van der Waals surface area contributed by atoms with Crippen LogP contribution in [0.1, 0.15) is 6.92 Å². The number of hydrogen-bond acceptors (Lipinski definition) is 6. The topological polar surface area (TPSA) is 78.0 Å². The summed E-state index contributed by atoms with van der Waals surface area (Å²) in [7, 11) is 0. The number of anilines is 3. The minimum atomic E-state index is -0.540. The lowest BCUT2D eigenvalue weighted by Crippen LogP contribution is -2.47. The summed E-state index contributed by atoms with van der Waals surface area (Å²) in [5.41, 5.74) is 0.959. The maximum atomic E-state index is 14.9. The molecule has 1 unspecified atom stereocenters. The van der Waals surface area contributed by atoms with Gasteiger partial charge in [0.05, 0.1) is 24.5 Å². The molecule has 2 fully saturated rings. The Labute approximate surface area is 174 Å². The summed E-state index contributed by atoms with van der Waals surface area (Å²) in [5, 5.41) is 2.63. The van der Waals surface area contributed by atoms with Crippen LogP contribution in [-0.4, -0.2) is 62.4 Å². The van der Waals surface area contributed by atoms with Gasteiger partial charge in [0.2, 0.25) is 5.91 Å². The molecule has 9 heteroatoms. The maximum absolute atomic E-state index is 14.9. The van der Waals surface area contributed by atoms with Gasteiger partial charge in [0.15, 0.2) is 0 Å². The number of piperazine rings is 1. The van der Waals surface area contributed by atoms with Gasteiger partial charge < -0.3 is 19.9 Å². The Morgan fingerprint density at radius 2 is 1.97 bits per heavy atom. The molecule has 1 aromatic carbocycles. The molecule has 0 spiro atoms. The third-order valence-corrected chi connectivity index (χ3v) is 5.29. The molecular weight excluding hydrogens is 389 g/mol. The summed E-state index contributed by atoms with van der Waals surface area (Å²) in [6, 6.07) is 10.6. The number of ether oxygens (including phenoxy) is 1. The highest BCUT2D eigenvalue weighted by molar-refractivity contribution is 5.90. The molecule has 158 valence electrons. The highest BCUT2D eigenvalue weighted by Crippen LogP contribution is 2.29. The first-order valence-corrected chi connectivity index (χ1v) is 9.94. The second-order valence-electron chi connectivity index (χ2n) is 7.35. The first-order chi connectivity index (χ1) is 14.5. The number of rotatable bonds is 5. The number of hydrogen-bond donors (Lipinski definition) is 1. The molecule has 2 amide bonds. The van der Waals surface area contributed by atoms with E-state index in [2.05, 4.69) is 15.2 Å². The molecule has 30 heavy (non-hydrogen) atoms. The lowest BCUT2D eigenvalue weighted by Gasteiger charge is -2.37. The van der Waals surface area contributed by atoms with Crippen LogP contribution in [0.2, 0.25) is 0 Å². The Morgan fingerprint density at radius 3 is 2.63 bits per heavy atom. The van der Waals surface area contributed by atoms with Gasteiger partial charge in [-0.2, -0.15) is 0 Å². The monoisotopic (exact) mass is 413 g/mol. The van der Waals surface area contributed by atoms with E-state index in [1.807, 2.05) is 23.1 Å². The van der Waals surface area contributed by atoms with Crippen molar-refractivity contribution in [1.29, 1.82) is 0 Å². The zero-order valence-electron chi connectivity index (χ0n) is 16.8. The van der Waals surface area contributed by atoms with Crippen molar-refractivity contribution < 1.29 is 18.7 Å². The van der Waals surface area contributed by atoms with Gasteiger partial charge in [-0.05, 0) is 30.3 Å². The van der Waals surface area contributed by atoms with Crippen molar-refractivity contribution in [3.05, 3.63) is 48.4 Å². The highest BCUT2D eigenvalue weighted by Gasteiger charge is 2.33. The Kier molecular flexibility index (Phi) is 5.69. The normalized spacial score (nSPS) is 19.1. The van der Waals surface area contributed by atoms with Crippen molar-refractivity contribution in [3.63, 3.8) is 0 Å². The van der Waals surface area contributed by atoms with E-state index in [1.54, 1.807) is 18.3 Å². The van der Waals surface area contributed by atoms with Crippen LogP contribution >= 0.6 is 0 Å². The summed E-state index contributed by atoms with van der Waals surface area (Å²) in [6.07, 6.45) is 0.773. The van der Waals surface area contributed by atoms with Crippen molar-refractivity contribution in [3.8, 4) is 0 Å². The van der Waals surface area contributed by atoms with Crippen molar-refractivity contribution >= 4 is 29.2 Å². The highest BCUT2D eigenvalue weighted by atomic mass is 19.1. The van der Waals surface area contributed by atoms with Crippen molar-refractivity contribution in [2.75, 3.05) is 54.0 Å². The van der Waals surface area contributed by atoms with E-state index in [1.165, 1.54) is 17.9 Å². The van der Waals surface area contributed by atoms with Gasteiger partial charge in [0.25, 0.3) is 0 Å². The van der Waals surface area contributed by atoms with Crippen LogP contribution in [-0.2, 0) is 9.53 Å². The third kappa shape index (κ3) is 4.29. The molecule has 2 aromatic rings. The molecule has 0 aliphatic carbocycles. The van der Waals surface area contributed by atoms with Crippen molar-refractivity contribution in [2.45, 2.75) is 13.0 Å². The summed E-state index contributed by atoms with van der Waals surface area (Å²) in [6.45, 7) is 4.76. The van der Waals surface area contributed by atoms with Gasteiger partial charge in [-0.3, -0.25) is 9.69 Å². The molecule has 1 N–H and O–H groups in total. The van der Waals surface area contributed by atoms with Gasteiger partial charge in [-0.25, -0.2) is 14.2 Å². The fraction of sp³-hybridized carbons (Fsp3) is 0.381. The Balaban J connectivity index is 1.39. The molecule has 8 nitrogen and oxygen atoms in total. The average molecular weight is 413 g/mol. The van der Waals surface area contributed by atoms with E-state index in [4.69, 9.17) is 4.74 Å². The van der Waals surface area contributed by atoms with Crippen molar-refractivity contribution in [1.82, 2.24) is 10.3 Å². The molecule has 0 saturated carbocycles. The van der Waals surface area contributed by atoms with Gasteiger partial charge in [-0.1, -0.05) is 6.07 Å². The Bertz CT molecular complexity index is 918. The van der Waals surface area contributed by atoms with Crippen molar-refractivity contribution in [2.24, 2.45) is 0 Å². The number of nitrogens with one attached hydrogen (secondary N) is 1. The summed E-state index contributed by atoms with van der Waals surface area (Å²) >= 11 is 0. The molecule has 2 aliphatic rings. The number of cyclic esters (lactones) is 1. The molecular formula is C21H24FN5O3. The number of carbonyl (C=O) groups is 2. The third-order valence-electron chi connectivity index (χ3n) is 5.29. The zero-order valence-corrected chi connectivity index (χ0v) is 16.8. The lowest BCUT2D eigenvalue weighted by atomic mass is 10.2. The predicted octanol–water partition coefficient (Wildman–Crippen LogP) is 2.01. The number of aromatic nitrogens is 1. The van der Waals surface area contributed by atoms with Gasteiger partial charge in [0, 0.05) is 39.3 Å². The molecule has 1 atom stereocenters. The average Bonchev–Trinajstić information content (AvgIpc) is 3.13. The largest absolute Gasteiger partial charge is 0.442 e. The number of benzene rings is 1.